The molecule has 0 radical (unpaired) electrons. The zero-order valence-corrected chi connectivity index (χ0v) is 19.1. The molecule has 3 saturated heterocycles. The van der Waals surface area contributed by atoms with Gasteiger partial charge in [0, 0.05) is 48.9 Å². The number of rotatable bonds is 2. The summed E-state index contributed by atoms with van der Waals surface area (Å²) < 4.78 is 11.1. The molecule has 3 unspecified atom stereocenters. The van der Waals surface area contributed by atoms with Crippen LogP contribution in [0.15, 0.2) is 32.0 Å². The number of benzene rings is 1. The van der Waals surface area contributed by atoms with Gasteiger partial charge >= 0.3 is 5.63 Å². The van der Waals surface area contributed by atoms with Crippen LogP contribution in [0.4, 0.5) is 0 Å². The highest BCUT2D eigenvalue weighted by atomic mass is 16.4. The van der Waals surface area contributed by atoms with Crippen molar-refractivity contribution in [2.75, 3.05) is 19.6 Å². The standard InChI is InChI=1S/C26H28N2O5/c1-14-13-32-22-9-23-19(7-18(14)22)15(2)20(26(31)33-23)8-25(30)27-10-16-6-17(12-27)21-4-3-5-24(29)28(21)11-16/h7,9,13,16-17,21H,3-6,8,10-12H2,1-2H3. The van der Waals surface area contributed by atoms with Gasteiger partial charge in [-0.25, -0.2) is 4.79 Å². The Labute approximate surface area is 191 Å². The topological polar surface area (TPSA) is 84.0 Å². The Kier molecular flexibility index (Phi) is 4.64. The summed E-state index contributed by atoms with van der Waals surface area (Å²) in [5.41, 5.74) is 2.94. The van der Waals surface area contributed by atoms with E-state index in [1.807, 2.05) is 24.8 Å². The van der Waals surface area contributed by atoms with Crippen molar-refractivity contribution in [3.63, 3.8) is 0 Å². The van der Waals surface area contributed by atoms with E-state index in [1.165, 1.54) is 0 Å². The van der Waals surface area contributed by atoms with E-state index in [9.17, 15) is 14.4 Å². The summed E-state index contributed by atoms with van der Waals surface area (Å²) in [5, 5.41) is 1.81. The predicted molar refractivity (Wildman–Crippen MR) is 123 cm³/mol. The Morgan fingerprint density at radius 3 is 2.79 bits per heavy atom. The van der Waals surface area contributed by atoms with Crippen LogP contribution in [0.2, 0.25) is 0 Å². The lowest BCUT2D eigenvalue weighted by atomic mass is 9.76. The van der Waals surface area contributed by atoms with Gasteiger partial charge in [0.05, 0.1) is 18.2 Å². The smallest absolute Gasteiger partial charge is 0.340 e. The zero-order chi connectivity index (χ0) is 22.9. The van der Waals surface area contributed by atoms with E-state index in [2.05, 4.69) is 4.90 Å². The lowest BCUT2D eigenvalue weighted by Gasteiger charge is -2.52. The lowest BCUT2D eigenvalue weighted by Crippen LogP contribution is -2.61. The molecule has 0 aliphatic carbocycles. The Hall–Kier alpha value is -3.09. The SMILES string of the molecule is Cc1coc2cc3oc(=O)c(CC(=O)N4CC5CC(C4)C4CCCC(=O)N4C5)c(C)c3cc12. The average molecular weight is 449 g/mol. The number of furan rings is 1. The number of hydrogen-bond donors (Lipinski definition) is 0. The molecule has 6 rings (SSSR count). The second kappa shape index (κ2) is 7.47. The van der Waals surface area contributed by atoms with Crippen molar-refractivity contribution in [1.29, 1.82) is 0 Å². The van der Waals surface area contributed by atoms with Crippen LogP contribution in [0.3, 0.4) is 0 Å². The number of fused-ring (bicyclic) bond motifs is 6. The maximum absolute atomic E-state index is 13.3. The number of likely N-dealkylation sites (tertiary alicyclic amines) is 1. The summed E-state index contributed by atoms with van der Waals surface area (Å²) >= 11 is 0. The summed E-state index contributed by atoms with van der Waals surface area (Å²) in [4.78, 5) is 42.5. The zero-order valence-electron chi connectivity index (χ0n) is 19.1. The van der Waals surface area contributed by atoms with Crippen LogP contribution in [0.25, 0.3) is 21.9 Å². The quantitative estimate of drug-likeness (QED) is 0.560. The predicted octanol–water partition coefficient (Wildman–Crippen LogP) is 3.56. The van der Waals surface area contributed by atoms with Gasteiger partial charge in [0.2, 0.25) is 11.8 Å². The van der Waals surface area contributed by atoms with Gasteiger partial charge in [-0.05, 0) is 62.1 Å². The second-order valence-electron chi connectivity index (χ2n) is 10.1. The van der Waals surface area contributed by atoms with Gasteiger partial charge in [-0.3, -0.25) is 9.59 Å². The third-order valence-corrected chi connectivity index (χ3v) is 8.04. The number of aryl methyl sites for hydroxylation is 2. The molecular weight excluding hydrogens is 420 g/mol. The van der Waals surface area contributed by atoms with Gasteiger partial charge in [-0.1, -0.05) is 0 Å². The molecule has 1 aromatic carbocycles. The lowest BCUT2D eigenvalue weighted by molar-refractivity contribution is -0.148. The minimum Gasteiger partial charge on any atom is -0.464 e. The maximum atomic E-state index is 13.3. The first-order chi connectivity index (χ1) is 15.9. The number of nitrogens with zero attached hydrogens (tertiary/aromatic N) is 2. The van der Waals surface area contributed by atoms with Gasteiger partial charge in [-0.15, -0.1) is 0 Å². The molecule has 172 valence electrons. The molecule has 33 heavy (non-hydrogen) atoms. The molecule has 7 nitrogen and oxygen atoms in total. The van der Waals surface area contributed by atoms with E-state index < -0.39 is 5.63 Å². The summed E-state index contributed by atoms with van der Waals surface area (Å²) in [6.45, 7) is 5.93. The highest BCUT2D eigenvalue weighted by Crippen LogP contribution is 2.38. The van der Waals surface area contributed by atoms with Gasteiger partial charge in [0.25, 0.3) is 0 Å². The monoisotopic (exact) mass is 448 g/mol. The van der Waals surface area contributed by atoms with Crippen LogP contribution in [-0.4, -0.2) is 47.3 Å². The fourth-order valence-corrected chi connectivity index (χ4v) is 6.32. The van der Waals surface area contributed by atoms with E-state index >= 15 is 0 Å². The first kappa shape index (κ1) is 20.5. The number of amides is 2. The van der Waals surface area contributed by atoms with Crippen LogP contribution < -0.4 is 5.63 Å². The fraction of sp³-hybridized carbons (Fsp3) is 0.500. The minimum absolute atomic E-state index is 0.0318. The van der Waals surface area contributed by atoms with Gasteiger partial charge in [-0.2, -0.15) is 0 Å². The van der Waals surface area contributed by atoms with E-state index in [-0.39, 0.29) is 24.3 Å². The van der Waals surface area contributed by atoms with Crippen LogP contribution in [-0.2, 0) is 16.0 Å². The van der Waals surface area contributed by atoms with Gasteiger partial charge in [0.15, 0.2) is 0 Å². The molecule has 3 aromatic rings. The third kappa shape index (κ3) is 3.28. The van der Waals surface area contributed by atoms with E-state index in [1.54, 1.807) is 12.3 Å². The van der Waals surface area contributed by atoms with Crippen LogP contribution in [0.1, 0.15) is 42.4 Å². The van der Waals surface area contributed by atoms with Crippen molar-refractivity contribution in [2.24, 2.45) is 11.8 Å². The van der Waals surface area contributed by atoms with E-state index in [4.69, 9.17) is 8.83 Å². The molecule has 3 aliphatic rings. The molecule has 0 spiro atoms. The molecule has 0 saturated carbocycles. The largest absolute Gasteiger partial charge is 0.464 e. The molecule has 2 aromatic heterocycles. The molecule has 7 heteroatoms. The van der Waals surface area contributed by atoms with Gasteiger partial charge < -0.3 is 18.6 Å². The van der Waals surface area contributed by atoms with Crippen molar-refractivity contribution in [3.8, 4) is 0 Å². The van der Waals surface area contributed by atoms with E-state index in [0.717, 1.165) is 47.7 Å². The summed E-state index contributed by atoms with van der Waals surface area (Å²) in [6.07, 6.45) is 5.43. The molecule has 0 N–H and O–H groups in total. The molecular formula is C26H28N2O5. The average Bonchev–Trinajstić information content (AvgIpc) is 3.15. The first-order valence-corrected chi connectivity index (χ1v) is 11.9. The Morgan fingerprint density at radius 2 is 1.94 bits per heavy atom. The normalized spacial score (nSPS) is 25.0. The van der Waals surface area contributed by atoms with Crippen molar-refractivity contribution in [1.82, 2.24) is 9.80 Å². The van der Waals surface area contributed by atoms with Crippen LogP contribution in [0, 0.1) is 25.7 Å². The Morgan fingerprint density at radius 1 is 1.09 bits per heavy atom. The molecule has 2 amide bonds. The molecule has 5 heterocycles. The molecule has 2 bridgehead atoms. The summed E-state index contributed by atoms with van der Waals surface area (Å²) in [7, 11) is 0. The van der Waals surface area contributed by atoms with E-state index in [0.29, 0.717) is 48.1 Å². The number of piperidine rings is 3. The minimum atomic E-state index is -0.461. The third-order valence-electron chi connectivity index (χ3n) is 8.04. The second-order valence-corrected chi connectivity index (χ2v) is 10.1. The van der Waals surface area contributed by atoms with Crippen LogP contribution in [0.5, 0.6) is 0 Å². The maximum Gasteiger partial charge on any atom is 0.340 e. The van der Waals surface area contributed by atoms with Gasteiger partial charge in [0.1, 0.15) is 11.2 Å². The molecule has 3 fully saturated rings. The Balaban J connectivity index is 1.28. The van der Waals surface area contributed by atoms with Crippen LogP contribution >= 0.6 is 0 Å². The number of carbonyl (C=O) groups is 2. The van der Waals surface area contributed by atoms with Crippen molar-refractivity contribution in [2.45, 2.75) is 52.0 Å². The molecule has 3 atom stereocenters. The fourth-order valence-electron chi connectivity index (χ4n) is 6.32. The number of hydrogen-bond acceptors (Lipinski definition) is 5. The van der Waals surface area contributed by atoms with Crippen molar-refractivity contribution in [3.05, 3.63) is 45.5 Å². The molecule has 3 aliphatic heterocycles. The first-order valence-electron chi connectivity index (χ1n) is 11.9. The Bertz CT molecular complexity index is 1350. The summed E-state index contributed by atoms with van der Waals surface area (Å²) in [6, 6.07) is 3.99. The summed E-state index contributed by atoms with van der Waals surface area (Å²) in [5.74, 6) is 0.886. The number of carbonyl (C=O) groups excluding carboxylic acids is 2. The highest BCUT2D eigenvalue weighted by Gasteiger charge is 2.44. The highest BCUT2D eigenvalue weighted by molar-refractivity contribution is 5.96. The van der Waals surface area contributed by atoms with Crippen molar-refractivity contribution >= 4 is 33.8 Å². The van der Waals surface area contributed by atoms with Crippen molar-refractivity contribution < 1.29 is 18.4 Å².